The minimum Gasteiger partial charge on any atom is -0.495 e. The van der Waals surface area contributed by atoms with Crippen molar-refractivity contribution in [2.75, 3.05) is 43.8 Å². The van der Waals surface area contributed by atoms with E-state index >= 15 is 0 Å². The van der Waals surface area contributed by atoms with Gasteiger partial charge in [0.2, 0.25) is 15.9 Å². The van der Waals surface area contributed by atoms with E-state index in [1.807, 2.05) is 0 Å². The highest BCUT2D eigenvalue weighted by Gasteiger charge is 2.26. The Balaban J connectivity index is 2.01. The van der Waals surface area contributed by atoms with Crippen LogP contribution in [0.2, 0.25) is 0 Å². The average Bonchev–Trinajstić information content (AvgIpc) is 2.74. The molecule has 0 saturated carbocycles. The lowest BCUT2D eigenvalue weighted by atomic mass is 10.00. The van der Waals surface area contributed by atoms with Crippen LogP contribution in [0.25, 0.3) is 0 Å². The van der Waals surface area contributed by atoms with Gasteiger partial charge in [-0.2, -0.15) is 0 Å². The topological polar surface area (TPSA) is 122 Å². The van der Waals surface area contributed by atoms with Crippen LogP contribution in [-0.2, 0) is 14.8 Å². The SMILES string of the molecule is CCC1CCCCN1CCCNC(=O)CN(c1cc([N+](=O)[O-])ccc1OC)S(C)(=O)=O. The van der Waals surface area contributed by atoms with Gasteiger partial charge < -0.3 is 15.0 Å². The highest BCUT2D eigenvalue weighted by atomic mass is 32.2. The second-order valence-corrected chi connectivity index (χ2v) is 9.59. The van der Waals surface area contributed by atoms with Gasteiger partial charge in [-0.05, 0) is 38.3 Å². The molecule has 1 aromatic rings. The van der Waals surface area contributed by atoms with Gasteiger partial charge in [0.15, 0.2) is 0 Å². The van der Waals surface area contributed by atoms with Crippen LogP contribution in [0, 0.1) is 10.1 Å². The molecule has 31 heavy (non-hydrogen) atoms. The minimum absolute atomic E-state index is 0.0477. The maximum absolute atomic E-state index is 12.5. The van der Waals surface area contributed by atoms with Crippen molar-refractivity contribution < 1.29 is 22.9 Å². The number of sulfonamides is 1. The maximum Gasteiger partial charge on any atom is 0.271 e. The summed E-state index contributed by atoms with van der Waals surface area (Å²) in [5, 5.41) is 13.9. The minimum atomic E-state index is -3.88. The monoisotopic (exact) mass is 456 g/mol. The van der Waals surface area contributed by atoms with E-state index in [1.54, 1.807) is 0 Å². The first kappa shape index (κ1) is 24.9. The van der Waals surface area contributed by atoms with Crippen LogP contribution >= 0.6 is 0 Å². The normalized spacial score (nSPS) is 17.2. The Labute approximate surface area is 183 Å². The summed E-state index contributed by atoms with van der Waals surface area (Å²) in [7, 11) is -2.56. The van der Waals surface area contributed by atoms with Gasteiger partial charge in [-0.15, -0.1) is 0 Å². The number of carbonyl (C=O) groups excluding carboxylic acids is 1. The van der Waals surface area contributed by atoms with Gasteiger partial charge in [-0.1, -0.05) is 13.3 Å². The third-order valence-corrected chi connectivity index (χ3v) is 6.62. The number of amides is 1. The van der Waals surface area contributed by atoms with Gasteiger partial charge in [-0.25, -0.2) is 8.42 Å². The third-order valence-electron chi connectivity index (χ3n) is 5.49. The van der Waals surface area contributed by atoms with Gasteiger partial charge >= 0.3 is 0 Å². The highest BCUT2D eigenvalue weighted by molar-refractivity contribution is 7.92. The van der Waals surface area contributed by atoms with Crippen molar-refractivity contribution in [1.82, 2.24) is 10.2 Å². The van der Waals surface area contributed by atoms with Crippen LogP contribution in [0.1, 0.15) is 39.0 Å². The fraction of sp³-hybridized carbons (Fsp3) is 0.650. The van der Waals surface area contributed by atoms with Crippen LogP contribution in [0.4, 0.5) is 11.4 Å². The van der Waals surface area contributed by atoms with Crippen molar-refractivity contribution in [3.8, 4) is 5.75 Å². The largest absolute Gasteiger partial charge is 0.495 e. The number of rotatable bonds is 11. The smallest absolute Gasteiger partial charge is 0.271 e. The van der Waals surface area contributed by atoms with Crippen LogP contribution in [0.5, 0.6) is 5.75 Å². The Hall–Kier alpha value is -2.40. The molecule has 0 radical (unpaired) electrons. The zero-order valence-electron chi connectivity index (χ0n) is 18.4. The van der Waals surface area contributed by atoms with E-state index in [1.165, 1.54) is 38.5 Å². The predicted octanol–water partition coefficient (Wildman–Crippen LogP) is 2.14. The second kappa shape index (κ2) is 11.3. The van der Waals surface area contributed by atoms with E-state index in [-0.39, 0.29) is 17.1 Å². The number of likely N-dealkylation sites (tertiary alicyclic amines) is 1. The lowest BCUT2D eigenvalue weighted by molar-refractivity contribution is -0.384. The molecule has 0 spiro atoms. The fourth-order valence-corrected chi connectivity index (χ4v) is 4.73. The quantitative estimate of drug-likeness (QED) is 0.307. The summed E-state index contributed by atoms with van der Waals surface area (Å²) in [6.45, 7) is 4.08. The Morgan fingerprint density at radius 3 is 2.74 bits per heavy atom. The van der Waals surface area contributed by atoms with Gasteiger partial charge in [0.1, 0.15) is 18.0 Å². The van der Waals surface area contributed by atoms with E-state index in [2.05, 4.69) is 17.1 Å². The van der Waals surface area contributed by atoms with Crippen molar-refractivity contribution in [3.05, 3.63) is 28.3 Å². The number of piperidine rings is 1. The standard InChI is InChI=1S/C20H32N4O6S/c1-4-16-8-5-6-12-22(16)13-7-11-21-20(25)15-23(31(3,28)29)18-14-17(24(26)27)9-10-19(18)30-2/h9-10,14,16H,4-8,11-13,15H2,1-3H3,(H,21,25). The number of carbonyl (C=O) groups is 1. The summed E-state index contributed by atoms with van der Waals surface area (Å²) in [5.41, 5.74) is -0.342. The number of nitro groups is 1. The molecule has 1 heterocycles. The summed E-state index contributed by atoms with van der Waals surface area (Å²) in [6, 6.07) is 4.21. The molecule has 0 aromatic heterocycles. The fourth-order valence-electron chi connectivity index (χ4n) is 3.88. The molecular formula is C20H32N4O6S. The molecule has 1 N–H and O–H groups in total. The van der Waals surface area contributed by atoms with Crippen molar-refractivity contribution in [1.29, 1.82) is 0 Å². The number of nitrogens with zero attached hydrogens (tertiary/aromatic N) is 3. The Bertz CT molecular complexity index is 876. The number of non-ortho nitro benzene ring substituents is 1. The number of ether oxygens (including phenoxy) is 1. The van der Waals surface area contributed by atoms with Crippen molar-refractivity contribution in [2.45, 2.75) is 45.1 Å². The Morgan fingerprint density at radius 2 is 2.13 bits per heavy atom. The van der Waals surface area contributed by atoms with Crippen LogP contribution in [0.15, 0.2) is 18.2 Å². The zero-order chi connectivity index (χ0) is 23.0. The molecule has 0 bridgehead atoms. The molecule has 1 fully saturated rings. The molecule has 1 unspecified atom stereocenters. The average molecular weight is 457 g/mol. The van der Waals surface area contributed by atoms with Crippen LogP contribution in [0.3, 0.4) is 0 Å². The molecule has 2 rings (SSSR count). The maximum atomic E-state index is 12.5. The predicted molar refractivity (Wildman–Crippen MR) is 119 cm³/mol. The summed E-state index contributed by atoms with van der Waals surface area (Å²) >= 11 is 0. The van der Waals surface area contributed by atoms with Gasteiger partial charge in [0.05, 0.1) is 18.3 Å². The summed E-state index contributed by atoms with van der Waals surface area (Å²) in [4.78, 5) is 25.4. The number of hydrogen-bond donors (Lipinski definition) is 1. The van der Waals surface area contributed by atoms with E-state index in [0.29, 0.717) is 12.6 Å². The zero-order valence-corrected chi connectivity index (χ0v) is 19.2. The molecule has 1 aliphatic rings. The van der Waals surface area contributed by atoms with Crippen LogP contribution < -0.4 is 14.4 Å². The molecule has 1 saturated heterocycles. The molecule has 11 heteroatoms. The summed E-state index contributed by atoms with van der Waals surface area (Å²) < 4.78 is 30.7. The molecule has 0 aliphatic carbocycles. The molecule has 1 aromatic carbocycles. The number of hydrogen-bond acceptors (Lipinski definition) is 7. The first-order valence-electron chi connectivity index (χ1n) is 10.5. The number of benzene rings is 1. The second-order valence-electron chi connectivity index (χ2n) is 7.68. The molecule has 1 amide bonds. The first-order valence-corrected chi connectivity index (χ1v) is 12.3. The number of nitrogens with one attached hydrogen (secondary N) is 1. The first-order chi connectivity index (χ1) is 14.7. The van der Waals surface area contributed by atoms with Crippen molar-refractivity contribution in [3.63, 3.8) is 0 Å². The summed E-state index contributed by atoms with van der Waals surface area (Å²) in [6.07, 6.45) is 6.48. The number of nitro benzene ring substituents is 1. The van der Waals surface area contributed by atoms with Gasteiger partial charge in [0.25, 0.3) is 5.69 Å². The number of anilines is 1. The van der Waals surface area contributed by atoms with E-state index in [9.17, 15) is 23.3 Å². The van der Waals surface area contributed by atoms with E-state index < -0.39 is 27.4 Å². The molecular weight excluding hydrogens is 424 g/mol. The van der Waals surface area contributed by atoms with E-state index in [4.69, 9.17) is 4.74 Å². The Morgan fingerprint density at radius 1 is 1.39 bits per heavy atom. The highest BCUT2D eigenvalue weighted by Crippen LogP contribution is 2.33. The molecule has 1 aliphatic heterocycles. The lowest BCUT2D eigenvalue weighted by Crippen LogP contribution is -2.42. The molecule has 10 nitrogen and oxygen atoms in total. The van der Waals surface area contributed by atoms with Crippen molar-refractivity contribution >= 4 is 27.3 Å². The van der Waals surface area contributed by atoms with Crippen molar-refractivity contribution in [2.24, 2.45) is 0 Å². The third kappa shape index (κ3) is 7.06. The van der Waals surface area contributed by atoms with Gasteiger partial charge in [-0.3, -0.25) is 19.2 Å². The summed E-state index contributed by atoms with van der Waals surface area (Å²) in [5.74, 6) is -0.357. The number of methoxy groups -OCH3 is 1. The van der Waals surface area contributed by atoms with E-state index in [0.717, 1.165) is 42.6 Å². The van der Waals surface area contributed by atoms with Gasteiger partial charge in [0, 0.05) is 31.3 Å². The Kier molecular flexibility index (Phi) is 9.05. The lowest BCUT2D eigenvalue weighted by Gasteiger charge is -2.35. The molecule has 174 valence electrons. The molecule has 1 atom stereocenters. The van der Waals surface area contributed by atoms with Crippen LogP contribution in [-0.4, -0.2) is 69.7 Å².